The van der Waals surface area contributed by atoms with Crippen LogP contribution < -0.4 is 11.1 Å². The number of fused-ring (bicyclic) bond motifs is 1. The van der Waals surface area contributed by atoms with E-state index in [-0.39, 0.29) is 23.9 Å². The monoisotopic (exact) mass is 376 g/mol. The van der Waals surface area contributed by atoms with Crippen LogP contribution in [0.5, 0.6) is 0 Å². The number of hydrogen-bond acceptors (Lipinski definition) is 3. The van der Waals surface area contributed by atoms with Gasteiger partial charge in [-0.25, -0.2) is 4.68 Å². The van der Waals surface area contributed by atoms with Crippen LogP contribution in [0.4, 0.5) is 0 Å². The minimum Gasteiger partial charge on any atom is -0.344 e. The Kier molecular flexibility index (Phi) is 6.48. The molecule has 2 aromatic rings. The van der Waals surface area contributed by atoms with Crippen molar-refractivity contribution in [1.82, 2.24) is 15.1 Å². The van der Waals surface area contributed by atoms with Gasteiger partial charge in [-0.3, -0.25) is 4.79 Å². The third kappa shape index (κ3) is 3.51. The van der Waals surface area contributed by atoms with E-state index in [0.717, 1.165) is 48.9 Å². The Labute approximate surface area is 161 Å². The zero-order chi connectivity index (χ0) is 18.0. The molecule has 1 aliphatic carbocycles. The molecule has 5 nitrogen and oxygen atoms in total. The predicted octanol–water partition coefficient (Wildman–Crippen LogP) is 3.34. The summed E-state index contributed by atoms with van der Waals surface area (Å²) in [6.07, 6.45) is 4.58. The van der Waals surface area contributed by atoms with Crippen molar-refractivity contribution >= 4 is 18.3 Å². The van der Waals surface area contributed by atoms with Gasteiger partial charge in [-0.1, -0.05) is 32.0 Å². The Morgan fingerprint density at radius 2 is 1.96 bits per heavy atom. The van der Waals surface area contributed by atoms with Gasteiger partial charge in [0.25, 0.3) is 5.91 Å². The number of nitrogens with zero attached hydrogens (tertiary/aromatic N) is 2. The molecule has 3 rings (SSSR count). The molecule has 0 atom stereocenters. The molecule has 142 valence electrons. The highest BCUT2D eigenvalue weighted by Crippen LogP contribution is 2.29. The van der Waals surface area contributed by atoms with Gasteiger partial charge >= 0.3 is 0 Å². The van der Waals surface area contributed by atoms with Crippen molar-refractivity contribution in [1.29, 1.82) is 0 Å². The molecule has 1 amide bonds. The third-order valence-electron chi connectivity index (χ3n) is 5.61. The zero-order valence-electron chi connectivity index (χ0n) is 15.8. The summed E-state index contributed by atoms with van der Waals surface area (Å²) in [6, 6.07) is 8.17. The van der Waals surface area contributed by atoms with E-state index in [9.17, 15) is 4.79 Å². The summed E-state index contributed by atoms with van der Waals surface area (Å²) in [5.41, 5.74) is 10.6. The van der Waals surface area contributed by atoms with E-state index in [1.165, 1.54) is 5.69 Å². The summed E-state index contributed by atoms with van der Waals surface area (Å²) in [6.45, 7) is 6.64. The van der Waals surface area contributed by atoms with Gasteiger partial charge < -0.3 is 11.1 Å². The van der Waals surface area contributed by atoms with Crippen molar-refractivity contribution in [3.63, 3.8) is 0 Å². The number of hydrogen-bond donors (Lipinski definition) is 2. The highest BCUT2D eigenvalue weighted by Gasteiger charge is 2.32. The van der Waals surface area contributed by atoms with Gasteiger partial charge in [-0.05, 0) is 50.7 Å². The van der Waals surface area contributed by atoms with E-state index in [4.69, 9.17) is 10.8 Å². The van der Waals surface area contributed by atoms with Crippen LogP contribution in [0.1, 0.15) is 60.4 Å². The fourth-order valence-electron chi connectivity index (χ4n) is 3.69. The van der Waals surface area contributed by atoms with Gasteiger partial charge in [-0.2, -0.15) is 5.10 Å². The second-order valence-electron chi connectivity index (χ2n) is 6.97. The molecule has 1 aromatic carbocycles. The zero-order valence-corrected chi connectivity index (χ0v) is 16.7. The van der Waals surface area contributed by atoms with Gasteiger partial charge in [0.15, 0.2) is 5.69 Å². The molecule has 0 fully saturated rings. The summed E-state index contributed by atoms with van der Waals surface area (Å²) in [5.74, 6) is -0.0976. The topological polar surface area (TPSA) is 72.9 Å². The Hall–Kier alpha value is -1.85. The fraction of sp³-hybridized carbons (Fsp3) is 0.500. The highest BCUT2D eigenvalue weighted by molar-refractivity contribution is 5.94. The smallest absolute Gasteiger partial charge is 0.272 e. The maximum atomic E-state index is 13.0. The van der Waals surface area contributed by atoms with Crippen molar-refractivity contribution in [3.8, 4) is 5.69 Å². The van der Waals surface area contributed by atoms with E-state index < -0.39 is 0 Å². The third-order valence-corrected chi connectivity index (χ3v) is 5.61. The molecule has 1 aliphatic rings. The van der Waals surface area contributed by atoms with E-state index in [0.29, 0.717) is 12.2 Å². The molecule has 0 spiro atoms. The molecule has 0 radical (unpaired) electrons. The first-order valence-corrected chi connectivity index (χ1v) is 9.24. The number of rotatable bonds is 6. The van der Waals surface area contributed by atoms with Crippen molar-refractivity contribution in [2.75, 3.05) is 6.54 Å². The molecule has 26 heavy (non-hydrogen) atoms. The number of aromatic nitrogens is 2. The number of para-hydroxylation sites is 1. The first-order valence-electron chi connectivity index (χ1n) is 9.24. The summed E-state index contributed by atoms with van der Waals surface area (Å²) in [5, 5.41) is 7.88. The Balaban J connectivity index is 0.00000243. The number of carbonyl (C=O) groups is 1. The van der Waals surface area contributed by atoms with Crippen LogP contribution in [-0.4, -0.2) is 27.8 Å². The number of amides is 1. The van der Waals surface area contributed by atoms with Gasteiger partial charge in [0.2, 0.25) is 0 Å². The lowest BCUT2D eigenvalue weighted by Crippen LogP contribution is -2.53. The lowest BCUT2D eigenvalue weighted by atomic mass is 9.92. The van der Waals surface area contributed by atoms with Crippen molar-refractivity contribution < 1.29 is 4.79 Å². The van der Waals surface area contributed by atoms with E-state index in [1.807, 2.05) is 16.8 Å². The van der Waals surface area contributed by atoms with Crippen LogP contribution in [0.25, 0.3) is 5.69 Å². The predicted molar refractivity (Wildman–Crippen MR) is 107 cm³/mol. The van der Waals surface area contributed by atoms with Gasteiger partial charge in [0.05, 0.1) is 11.2 Å². The Morgan fingerprint density at radius 1 is 1.27 bits per heavy atom. The number of aryl methyl sites for hydroxylation is 1. The highest BCUT2D eigenvalue weighted by atomic mass is 35.5. The molecule has 0 bridgehead atoms. The minimum absolute atomic E-state index is 0. The average Bonchev–Trinajstić information content (AvgIpc) is 3.23. The first-order chi connectivity index (χ1) is 12.0. The van der Waals surface area contributed by atoms with Crippen LogP contribution in [0.2, 0.25) is 0 Å². The van der Waals surface area contributed by atoms with Crippen molar-refractivity contribution in [3.05, 3.63) is 46.8 Å². The van der Waals surface area contributed by atoms with E-state index >= 15 is 0 Å². The van der Waals surface area contributed by atoms with E-state index in [2.05, 4.69) is 38.2 Å². The quantitative estimate of drug-likeness (QED) is 0.812. The molecular weight excluding hydrogens is 348 g/mol. The number of nitrogens with two attached hydrogens (primary N) is 1. The van der Waals surface area contributed by atoms with E-state index in [1.54, 1.807) is 0 Å². The van der Waals surface area contributed by atoms with Crippen LogP contribution >= 0.6 is 12.4 Å². The second-order valence-corrected chi connectivity index (χ2v) is 6.97. The summed E-state index contributed by atoms with van der Waals surface area (Å²) < 4.78 is 1.97. The Bertz CT molecular complexity index is 772. The molecular formula is C20H29ClN4O. The van der Waals surface area contributed by atoms with Crippen LogP contribution in [0, 0.1) is 6.92 Å². The number of benzene rings is 1. The van der Waals surface area contributed by atoms with Crippen LogP contribution in [0.3, 0.4) is 0 Å². The van der Waals surface area contributed by atoms with Crippen molar-refractivity contribution in [2.45, 2.75) is 58.4 Å². The standard InChI is InChI=1S/C20H28N4O.ClH/c1-4-20(5-2,13-21)22-19(25)18-15-10-8-12-17(15)24(23-18)16-11-7-6-9-14(16)3;/h6-7,9,11H,4-5,8,10,12-13,21H2,1-3H3,(H,22,25);1H. The van der Waals surface area contributed by atoms with Gasteiger partial charge in [0, 0.05) is 17.8 Å². The fourth-order valence-corrected chi connectivity index (χ4v) is 3.69. The maximum Gasteiger partial charge on any atom is 0.272 e. The number of carbonyl (C=O) groups excluding carboxylic acids is 1. The molecule has 1 aromatic heterocycles. The summed E-state index contributed by atoms with van der Waals surface area (Å²) in [4.78, 5) is 13.0. The molecule has 0 saturated carbocycles. The first kappa shape index (κ1) is 20.5. The Morgan fingerprint density at radius 3 is 2.58 bits per heavy atom. The molecule has 0 unspecified atom stereocenters. The normalized spacial score (nSPS) is 13.2. The number of halogens is 1. The second kappa shape index (κ2) is 8.23. The number of nitrogens with one attached hydrogen (secondary N) is 1. The summed E-state index contributed by atoms with van der Waals surface area (Å²) >= 11 is 0. The van der Waals surface area contributed by atoms with Gasteiger partial charge in [0.1, 0.15) is 0 Å². The average molecular weight is 377 g/mol. The molecule has 6 heteroatoms. The molecule has 1 heterocycles. The van der Waals surface area contributed by atoms with Crippen molar-refractivity contribution in [2.24, 2.45) is 5.73 Å². The van der Waals surface area contributed by atoms with Crippen LogP contribution in [0.15, 0.2) is 24.3 Å². The largest absolute Gasteiger partial charge is 0.344 e. The summed E-state index contributed by atoms with van der Waals surface area (Å²) in [7, 11) is 0. The molecule has 0 saturated heterocycles. The SMILES string of the molecule is CCC(CC)(CN)NC(=O)c1nn(-c2ccccc2C)c2c1CCC2.Cl. The lowest BCUT2D eigenvalue weighted by Gasteiger charge is -2.31. The maximum absolute atomic E-state index is 13.0. The van der Waals surface area contributed by atoms with Gasteiger partial charge in [-0.15, -0.1) is 12.4 Å². The molecule has 3 N–H and O–H groups in total. The molecule has 0 aliphatic heterocycles. The van der Waals surface area contributed by atoms with Crippen LogP contribution in [-0.2, 0) is 12.8 Å². The lowest BCUT2D eigenvalue weighted by molar-refractivity contribution is 0.0888. The minimum atomic E-state index is -0.352.